The van der Waals surface area contributed by atoms with Crippen LogP contribution in [0.3, 0.4) is 0 Å². The molecule has 2 amide bonds. The van der Waals surface area contributed by atoms with Crippen molar-refractivity contribution in [2.45, 2.75) is 20.8 Å². The number of nitrogens with one attached hydrogen (secondary N) is 2. The highest BCUT2D eigenvalue weighted by molar-refractivity contribution is 7.92. The van der Waals surface area contributed by atoms with E-state index >= 15 is 0 Å². The first kappa shape index (κ1) is 22.1. The van der Waals surface area contributed by atoms with Gasteiger partial charge in [0.2, 0.25) is 15.9 Å². The average molecular weight is 417 g/mol. The Morgan fingerprint density at radius 3 is 2.10 bits per heavy atom. The number of hydrogen-bond acceptors (Lipinski definition) is 5. The molecule has 2 N–H and O–H groups in total. The number of benzene rings is 2. The van der Waals surface area contributed by atoms with Crippen molar-refractivity contribution in [1.82, 2.24) is 5.43 Å². The Hall–Kier alpha value is -3.20. The number of nitrogens with zero attached hydrogens (tertiary/aromatic N) is 2. The molecule has 0 aromatic heterocycles. The molecule has 0 saturated heterocycles. The van der Waals surface area contributed by atoms with Crippen LogP contribution in [-0.4, -0.2) is 38.7 Å². The summed E-state index contributed by atoms with van der Waals surface area (Å²) in [6, 6.07) is 13.8. The second kappa shape index (κ2) is 9.33. The van der Waals surface area contributed by atoms with E-state index in [2.05, 4.69) is 15.8 Å². The Morgan fingerprint density at radius 2 is 1.59 bits per heavy atom. The number of hydrogen-bond donors (Lipinski definition) is 2. The molecule has 0 saturated carbocycles. The Labute approximate surface area is 170 Å². The smallest absolute Gasteiger partial charge is 0.260 e. The first-order valence-electron chi connectivity index (χ1n) is 8.82. The van der Waals surface area contributed by atoms with E-state index in [4.69, 9.17) is 0 Å². The molecule has 154 valence electrons. The highest BCUT2D eigenvalue weighted by Gasteiger charge is 2.20. The van der Waals surface area contributed by atoms with Crippen LogP contribution in [0.1, 0.15) is 25.0 Å². The normalized spacial score (nSPS) is 11.7. The van der Waals surface area contributed by atoms with Crippen molar-refractivity contribution in [3.63, 3.8) is 0 Å². The van der Waals surface area contributed by atoms with Gasteiger partial charge in [-0.1, -0.05) is 29.8 Å². The van der Waals surface area contributed by atoms with Crippen LogP contribution in [0.25, 0.3) is 0 Å². The van der Waals surface area contributed by atoms with Crippen molar-refractivity contribution in [2.24, 2.45) is 5.10 Å². The van der Waals surface area contributed by atoms with Gasteiger partial charge < -0.3 is 5.32 Å². The molecule has 29 heavy (non-hydrogen) atoms. The van der Waals surface area contributed by atoms with Crippen molar-refractivity contribution in [3.05, 3.63) is 59.7 Å². The molecule has 0 atom stereocenters. The Kier molecular flexibility index (Phi) is 7.11. The van der Waals surface area contributed by atoms with Crippen molar-refractivity contribution in [1.29, 1.82) is 0 Å². The third kappa shape index (κ3) is 6.72. The van der Waals surface area contributed by atoms with Gasteiger partial charge in [0.25, 0.3) is 5.91 Å². The predicted octanol–water partition coefficient (Wildman–Crippen LogP) is 2.26. The van der Waals surface area contributed by atoms with Crippen LogP contribution in [-0.2, 0) is 19.6 Å². The van der Waals surface area contributed by atoms with Crippen LogP contribution < -0.4 is 15.0 Å². The number of amides is 2. The molecule has 0 aliphatic heterocycles. The molecular formula is C20H24N4O4S. The Morgan fingerprint density at radius 1 is 1.00 bits per heavy atom. The summed E-state index contributed by atoms with van der Waals surface area (Å²) in [6.45, 7) is 4.64. The summed E-state index contributed by atoms with van der Waals surface area (Å²) in [5, 5.41) is 6.70. The standard InChI is InChI=1S/C20H24N4O4S/c1-14-5-11-19(12-6-14)24(29(4,27)28)13-20(26)23-22-15(2)17-7-9-18(10-8-17)21-16(3)25/h5-12H,13H2,1-4H3,(H,21,25)(H,23,26)/b22-15-. The first-order valence-corrected chi connectivity index (χ1v) is 10.7. The summed E-state index contributed by atoms with van der Waals surface area (Å²) in [4.78, 5) is 23.3. The molecule has 0 heterocycles. The van der Waals surface area contributed by atoms with Crippen LogP contribution >= 0.6 is 0 Å². The average Bonchev–Trinajstić information content (AvgIpc) is 2.64. The van der Waals surface area contributed by atoms with Crippen LogP contribution in [0, 0.1) is 6.92 Å². The van der Waals surface area contributed by atoms with Crippen LogP contribution in [0.5, 0.6) is 0 Å². The van der Waals surface area contributed by atoms with Gasteiger partial charge in [-0.2, -0.15) is 5.10 Å². The molecule has 0 spiro atoms. The summed E-state index contributed by atoms with van der Waals surface area (Å²) in [6.07, 6.45) is 1.05. The van der Waals surface area contributed by atoms with Crippen molar-refractivity contribution in [2.75, 3.05) is 22.4 Å². The summed E-state index contributed by atoms with van der Waals surface area (Å²) in [5.74, 6) is -0.732. The highest BCUT2D eigenvalue weighted by atomic mass is 32.2. The Bertz CT molecular complexity index is 1010. The second-order valence-electron chi connectivity index (χ2n) is 6.60. The molecule has 2 rings (SSSR count). The van der Waals surface area contributed by atoms with Gasteiger partial charge in [-0.3, -0.25) is 13.9 Å². The first-order chi connectivity index (χ1) is 13.6. The summed E-state index contributed by atoms with van der Waals surface area (Å²) in [7, 11) is -3.64. The largest absolute Gasteiger partial charge is 0.326 e. The molecule has 0 bridgehead atoms. The van der Waals surface area contributed by atoms with Crippen LogP contribution in [0.4, 0.5) is 11.4 Å². The lowest BCUT2D eigenvalue weighted by molar-refractivity contribution is -0.119. The maximum Gasteiger partial charge on any atom is 0.260 e. The SMILES string of the molecule is CC(=O)Nc1ccc(/C(C)=N\NC(=O)CN(c2ccc(C)cc2)S(C)(=O)=O)cc1. The number of carbonyl (C=O) groups excluding carboxylic acids is 2. The lowest BCUT2D eigenvalue weighted by Crippen LogP contribution is -2.39. The van der Waals surface area contributed by atoms with Gasteiger partial charge in [0.05, 0.1) is 17.7 Å². The number of hydrazone groups is 1. The number of carbonyl (C=O) groups is 2. The van der Waals surface area contributed by atoms with Gasteiger partial charge in [0.15, 0.2) is 0 Å². The highest BCUT2D eigenvalue weighted by Crippen LogP contribution is 2.17. The van der Waals surface area contributed by atoms with Gasteiger partial charge in [-0.15, -0.1) is 0 Å². The fraction of sp³-hybridized carbons (Fsp3) is 0.250. The molecule has 8 nitrogen and oxygen atoms in total. The van der Waals surface area contributed by atoms with E-state index in [-0.39, 0.29) is 12.5 Å². The maximum absolute atomic E-state index is 12.3. The third-order valence-electron chi connectivity index (χ3n) is 3.98. The lowest BCUT2D eigenvalue weighted by Gasteiger charge is -2.21. The number of anilines is 2. The van der Waals surface area contributed by atoms with Crippen molar-refractivity contribution in [3.8, 4) is 0 Å². The van der Waals surface area contributed by atoms with Crippen molar-refractivity contribution < 1.29 is 18.0 Å². The summed E-state index contributed by atoms with van der Waals surface area (Å²) in [5.41, 5.74) is 5.71. The maximum atomic E-state index is 12.3. The predicted molar refractivity (Wildman–Crippen MR) is 114 cm³/mol. The summed E-state index contributed by atoms with van der Waals surface area (Å²) < 4.78 is 25.2. The van der Waals surface area contributed by atoms with Crippen LogP contribution in [0.2, 0.25) is 0 Å². The second-order valence-corrected chi connectivity index (χ2v) is 8.50. The van der Waals surface area contributed by atoms with E-state index in [1.165, 1.54) is 6.92 Å². The van der Waals surface area contributed by atoms with E-state index < -0.39 is 15.9 Å². The lowest BCUT2D eigenvalue weighted by atomic mass is 10.1. The van der Waals surface area contributed by atoms with Gasteiger partial charge in [-0.25, -0.2) is 13.8 Å². The summed E-state index contributed by atoms with van der Waals surface area (Å²) >= 11 is 0. The van der Waals surface area contributed by atoms with E-state index in [0.29, 0.717) is 17.1 Å². The van der Waals surface area contributed by atoms with Gasteiger partial charge in [0, 0.05) is 12.6 Å². The zero-order valence-corrected chi connectivity index (χ0v) is 17.6. The molecule has 0 fully saturated rings. The minimum absolute atomic E-state index is 0.167. The fourth-order valence-corrected chi connectivity index (χ4v) is 3.34. The molecule has 2 aromatic carbocycles. The quantitative estimate of drug-likeness (QED) is 0.533. The topological polar surface area (TPSA) is 108 Å². The zero-order valence-electron chi connectivity index (χ0n) is 16.8. The fourth-order valence-electron chi connectivity index (χ4n) is 2.49. The Balaban J connectivity index is 2.07. The molecule has 0 radical (unpaired) electrons. The minimum Gasteiger partial charge on any atom is -0.326 e. The molecule has 0 aliphatic carbocycles. The third-order valence-corrected chi connectivity index (χ3v) is 5.12. The molecular weight excluding hydrogens is 392 g/mol. The molecule has 0 unspecified atom stereocenters. The monoisotopic (exact) mass is 416 g/mol. The van der Waals surface area contributed by atoms with Gasteiger partial charge in [0.1, 0.15) is 6.54 Å². The van der Waals surface area contributed by atoms with E-state index in [0.717, 1.165) is 21.7 Å². The van der Waals surface area contributed by atoms with E-state index in [1.807, 2.05) is 6.92 Å². The van der Waals surface area contributed by atoms with E-state index in [1.54, 1.807) is 55.5 Å². The van der Waals surface area contributed by atoms with Crippen LogP contribution in [0.15, 0.2) is 53.6 Å². The number of aryl methyl sites for hydroxylation is 1. The van der Waals surface area contributed by atoms with Crippen molar-refractivity contribution >= 4 is 38.9 Å². The zero-order chi connectivity index (χ0) is 21.6. The van der Waals surface area contributed by atoms with Gasteiger partial charge in [-0.05, 0) is 43.7 Å². The number of sulfonamides is 1. The minimum atomic E-state index is -3.64. The molecule has 2 aromatic rings. The van der Waals surface area contributed by atoms with Gasteiger partial charge >= 0.3 is 0 Å². The number of rotatable bonds is 7. The molecule has 0 aliphatic rings. The van der Waals surface area contributed by atoms with E-state index in [9.17, 15) is 18.0 Å². The molecule has 9 heteroatoms.